The molecule has 3 atom stereocenters. The zero-order valence-electron chi connectivity index (χ0n) is 28.1. The maximum Gasteiger partial charge on any atom is 0.351 e. The predicted molar refractivity (Wildman–Crippen MR) is 193 cm³/mol. The van der Waals surface area contributed by atoms with Gasteiger partial charge in [0.15, 0.2) is 0 Å². The number of carbonyl (C=O) groups excluding carboxylic acids is 1. The molecule has 5 aromatic rings. The summed E-state index contributed by atoms with van der Waals surface area (Å²) in [7, 11) is 3.27. The Hall–Kier alpha value is -4.94. The number of hydrogen-bond acceptors (Lipinski definition) is 9. The van der Waals surface area contributed by atoms with Crippen LogP contribution in [-0.2, 0) is 19.8 Å². The van der Waals surface area contributed by atoms with Crippen molar-refractivity contribution in [2.45, 2.75) is 30.5 Å². The van der Waals surface area contributed by atoms with Crippen molar-refractivity contribution in [3.05, 3.63) is 154 Å². The number of ether oxygens (including phenoxy) is 5. The number of carbonyl (C=O) groups is 1. The molecule has 1 aliphatic rings. The lowest BCUT2D eigenvalue weighted by atomic mass is 9.80. The summed E-state index contributed by atoms with van der Waals surface area (Å²) in [6.07, 6.45) is 2.37. The van der Waals surface area contributed by atoms with Gasteiger partial charge in [0, 0.05) is 18.2 Å². The molecule has 4 aromatic carbocycles. The monoisotopic (exact) mass is 693 g/mol. The van der Waals surface area contributed by atoms with Crippen LogP contribution in [0.5, 0.6) is 11.5 Å². The van der Waals surface area contributed by atoms with Crippen LogP contribution in [-0.4, -0.2) is 60.7 Å². The summed E-state index contributed by atoms with van der Waals surface area (Å²) in [6.45, 7) is 0.135. The number of anilines is 1. The van der Waals surface area contributed by atoms with Crippen molar-refractivity contribution in [2.75, 3.05) is 38.3 Å². The lowest BCUT2D eigenvalue weighted by Gasteiger charge is -2.37. The third-order valence-electron chi connectivity index (χ3n) is 8.64. The second-order valence-electron chi connectivity index (χ2n) is 11.6. The van der Waals surface area contributed by atoms with E-state index in [0.29, 0.717) is 17.9 Å². The molecule has 6 rings (SSSR count). The largest absolute Gasteiger partial charge is 0.497 e. The number of amides is 1. The Labute approximate surface area is 295 Å². The molecule has 0 bridgehead atoms. The number of aromatic nitrogens is 2. The molecule has 0 spiro atoms. The van der Waals surface area contributed by atoms with E-state index in [1.165, 1.54) is 4.57 Å². The number of rotatable bonds is 14. The summed E-state index contributed by atoms with van der Waals surface area (Å²) in [4.78, 5) is 30.0. The predicted octanol–water partition coefficient (Wildman–Crippen LogP) is 6.51. The normalized spacial score (nSPS) is 17.3. The van der Waals surface area contributed by atoms with Crippen LogP contribution in [0.25, 0.3) is 0 Å². The molecule has 2 heterocycles. The summed E-state index contributed by atoms with van der Waals surface area (Å²) >= 11 is 1.55. The van der Waals surface area contributed by atoms with E-state index in [2.05, 4.69) is 10.3 Å². The first kappa shape index (κ1) is 34.9. The van der Waals surface area contributed by atoms with Crippen molar-refractivity contribution < 1.29 is 28.5 Å². The molecule has 0 saturated carbocycles. The Morgan fingerprint density at radius 2 is 1.44 bits per heavy atom. The van der Waals surface area contributed by atoms with E-state index < -0.39 is 23.6 Å². The smallest absolute Gasteiger partial charge is 0.351 e. The standard InChI is InChI=1S/C39H39N3O7S/c1-45-31-18-14-29(15-19-31)39(28-12-8-5-9-13-28,30-16-20-32(46-2)21-17-30)48-25-34-33(47-26-50-3)24-36(49-34)42-23-22-35(41-38(42)44)40-37(43)27-10-6-4-7-11-27/h4-23,33-34,36H,24-26H2,1-3H3,(H,40,41,43,44)/t33-,34+,36+/m0/s1. The molecule has 1 aliphatic heterocycles. The highest BCUT2D eigenvalue weighted by Gasteiger charge is 2.43. The zero-order valence-corrected chi connectivity index (χ0v) is 28.9. The maximum absolute atomic E-state index is 13.3. The second-order valence-corrected chi connectivity index (χ2v) is 12.4. The van der Waals surface area contributed by atoms with Gasteiger partial charge in [0.1, 0.15) is 35.2 Å². The van der Waals surface area contributed by atoms with E-state index in [-0.39, 0.29) is 24.4 Å². The van der Waals surface area contributed by atoms with E-state index >= 15 is 0 Å². The van der Waals surface area contributed by atoms with Gasteiger partial charge in [-0.15, -0.1) is 11.8 Å². The lowest BCUT2D eigenvalue weighted by molar-refractivity contribution is -0.100. The minimum atomic E-state index is -1.05. The second kappa shape index (κ2) is 16.2. The molecule has 0 unspecified atom stereocenters. The van der Waals surface area contributed by atoms with E-state index in [4.69, 9.17) is 23.7 Å². The average Bonchev–Trinajstić information content (AvgIpc) is 3.57. The Morgan fingerprint density at radius 3 is 2.00 bits per heavy atom. The maximum atomic E-state index is 13.3. The van der Waals surface area contributed by atoms with Crippen LogP contribution in [0, 0.1) is 0 Å². The van der Waals surface area contributed by atoms with Crippen molar-refractivity contribution in [2.24, 2.45) is 0 Å². The molecule has 50 heavy (non-hydrogen) atoms. The van der Waals surface area contributed by atoms with Gasteiger partial charge >= 0.3 is 5.69 Å². The summed E-state index contributed by atoms with van der Waals surface area (Å²) in [6, 6.07) is 36.0. The molecule has 1 amide bonds. The molecule has 1 saturated heterocycles. The summed E-state index contributed by atoms with van der Waals surface area (Å²) in [5.74, 6) is 1.69. The molecule has 258 valence electrons. The van der Waals surface area contributed by atoms with Crippen molar-refractivity contribution in [1.82, 2.24) is 9.55 Å². The Bertz CT molecular complexity index is 1860. The van der Waals surface area contributed by atoms with Gasteiger partial charge in [-0.25, -0.2) is 4.79 Å². The van der Waals surface area contributed by atoms with E-state index in [1.807, 2.05) is 91.2 Å². The van der Waals surface area contributed by atoms with E-state index in [0.717, 1.165) is 28.2 Å². The summed E-state index contributed by atoms with van der Waals surface area (Å²) < 4.78 is 32.3. The van der Waals surface area contributed by atoms with Gasteiger partial charge in [-0.2, -0.15) is 4.98 Å². The highest BCUT2D eigenvalue weighted by atomic mass is 32.2. The first-order valence-corrected chi connectivity index (χ1v) is 17.5. The fourth-order valence-electron chi connectivity index (χ4n) is 6.11. The number of nitrogens with zero attached hydrogens (tertiary/aromatic N) is 2. The Morgan fingerprint density at radius 1 is 0.860 bits per heavy atom. The molecule has 10 nitrogen and oxygen atoms in total. The minimum Gasteiger partial charge on any atom is -0.497 e. The molecule has 1 N–H and O–H groups in total. The summed E-state index contributed by atoms with van der Waals surface area (Å²) in [5, 5.41) is 2.69. The van der Waals surface area contributed by atoms with Crippen molar-refractivity contribution in [3.8, 4) is 11.5 Å². The molecule has 11 heteroatoms. The highest BCUT2D eigenvalue weighted by Crippen LogP contribution is 2.43. The van der Waals surface area contributed by atoms with Crippen LogP contribution in [0.15, 0.2) is 126 Å². The first-order valence-electron chi connectivity index (χ1n) is 16.1. The van der Waals surface area contributed by atoms with Gasteiger partial charge in [0.2, 0.25) is 0 Å². The first-order chi connectivity index (χ1) is 24.4. The van der Waals surface area contributed by atoms with Crippen molar-refractivity contribution >= 4 is 23.5 Å². The van der Waals surface area contributed by atoms with E-state index in [9.17, 15) is 9.59 Å². The Balaban J connectivity index is 1.30. The van der Waals surface area contributed by atoms with E-state index in [1.54, 1.807) is 62.5 Å². The lowest BCUT2D eigenvalue weighted by Crippen LogP contribution is -2.38. The number of benzene rings is 4. The average molecular weight is 694 g/mol. The zero-order chi connectivity index (χ0) is 34.9. The van der Waals surface area contributed by atoms with Crippen LogP contribution in [0.2, 0.25) is 0 Å². The van der Waals surface area contributed by atoms with Crippen LogP contribution < -0.4 is 20.5 Å². The fourth-order valence-corrected chi connectivity index (χ4v) is 6.42. The van der Waals surface area contributed by atoms with Gasteiger partial charge in [-0.3, -0.25) is 9.36 Å². The third kappa shape index (κ3) is 7.61. The van der Waals surface area contributed by atoms with Gasteiger partial charge in [0.05, 0.1) is 32.9 Å². The van der Waals surface area contributed by atoms with Crippen LogP contribution in [0.1, 0.15) is 39.7 Å². The molecule has 1 aromatic heterocycles. The quantitative estimate of drug-likeness (QED) is 0.103. The SMILES string of the molecule is COc1ccc(C(OC[C@H]2O[C@@H](n3ccc(NC(=O)c4ccccc4)nc3=O)C[C@@H]2OCSC)(c2ccccc2)c2ccc(OC)cc2)cc1. The molecule has 0 aliphatic carbocycles. The van der Waals surface area contributed by atoms with Gasteiger partial charge < -0.3 is 29.0 Å². The Kier molecular flexibility index (Phi) is 11.3. The molecule has 0 radical (unpaired) electrons. The minimum absolute atomic E-state index is 0.135. The van der Waals surface area contributed by atoms with Gasteiger partial charge in [0.25, 0.3) is 5.91 Å². The molecular formula is C39H39N3O7S. The molecule has 1 fully saturated rings. The number of nitrogens with one attached hydrogen (secondary N) is 1. The topological polar surface area (TPSA) is 110 Å². The molecular weight excluding hydrogens is 655 g/mol. The van der Waals surface area contributed by atoms with Crippen LogP contribution >= 0.6 is 11.8 Å². The number of thioether (sulfide) groups is 1. The highest BCUT2D eigenvalue weighted by molar-refractivity contribution is 7.98. The van der Waals surface area contributed by atoms with Crippen molar-refractivity contribution in [1.29, 1.82) is 0 Å². The van der Waals surface area contributed by atoms with Crippen LogP contribution in [0.3, 0.4) is 0 Å². The van der Waals surface area contributed by atoms with Gasteiger partial charge in [-0.05, 0) is 65.4 Å². The number of methoxy groups -OCH3 is 2. The van der Waals surface area contributed by atoms with Crippen LogP contribution in [0.4, 0.5) is 5.82 Å². The summed E-state index contributed by atoms with van der Waals surface area (Å²) in [5.41, 5.74) is 1.55. The van der Waals surface area contributed by atoms with Gasteiger partial charge in [-0.1, -0.05) is 72.8 Å². The van der Waals surface area contributed by atoms with Crippen molar-refractivity contribution in [3.63, 3.8) is 0 Å². The third-order valence-corrected chi connectivity index (χ3v) is 9.01. The number of hydrogen-bond donors (Lipinski definition) is 1. The fraction of sp³-hybridized carbons (Fsp3) is 0.256.